The zero-order valence-corrected chi connectivity index (χ0v) is 15.0. The molecule has 142 valence electrons. The van der Waals surface area contributed by atoms with Gasteiger partial charge in [0.2, 0.25) is 0 Å². The highest BCUT2D eigenvalue weighted by Crippen LogP contribution is 2.35. The third-order valence-electron chi connectivity index (χ3n) is 4.38. The quantitative estimate of drug-likeness (QED) is 0.571. The van der Waals surface area contributed by atoms with Crippen LogP contribution >= 0.6 is 0 Å². The van der Waals surface area contributed by atoms with Crippen LogP contribution in [0.4, 0.5) is 11.5 Å². The molecule has 2 aromatic rings. The number of methoxy groups -OCH3 is 2. The molecule has 1 aliphatic rings. The van der Waals surface area contributed by atoms with E-state index in [-0.39, 0.29) is 22.7 Å². The van der Waals surface area contributed by atoms with E-state index in [4.69, 9.17) is 9.47 Å². The van der Waals surface area contributed by atoms with Crippen molar-refractivity contribution in [3.05, 3.63) is 46.1 Å². The van der Waals surface area contributed by atoms with Crippen LogP contribution in [0.2, 0.25) is 0 Å². The van der Waals surface area contributed by atoms with E-state index in [0.717, 1.165) is 5.82 Å². The predicted octanol–water partition coefficient (Wildman–Crippen LogP) is 1.36. The lowest BCUT2D eigenvalue weighted by Crippen LogP contribution is -2.49. The van der Waals surface area contributed by atoms with Crippen LogP contribution in [0.15, 0.2) is 30.5 Å². The summed E-state index contributed by atoms with van der Waals surface area (Å²) in [6, 6.07) is 6.22. The SMILES string of the molecule is COc1cc(C(=O)N2CCN(c3cccnn3)CC2)c([N+](=O)[O-])cc1OC. The second-order valence-electron chi connectivity index (χ2n) is 5.84. The minimum atomic E-state index is -0.592. The smallest absolute Gasteiger partial charge is 0.286 e. The van der Waals surface area contributed by atoms with Gasteiger partial charge in [0.25, 0.3) is 11.6 Å². The van der Waals surface area contributed by atoms with E-state index in [1.54, 1.807) is 17.2 Å². The number of nitro benzene ring substituents is 1. The number of carbonyl (C=O) groups is 1. The number of aromatic nitrogens is 2. The Bertz CT molecular complexity index is 837. The fourth-order valence-electron chi connectivity index (χ4n) is 2.96. The number of carbonyl (C=O) groups excluding carboxylic acids is 1. The lowest BCUT2D eigenvalue weighted by Gasteiger charge is -2.35. The number of anilines is 1. The Labute approximate surface area is 155 Å². The Morgan fingerprint density at radius 2 is 1.81 bits per heavy atom. The Morgan fingerprint density at radius 3 is 2.37 bits per heavy atom. The van der Waals surface area contributed by atoms with E-state index >= 15 is 0 Å². The minimum absolute atomic E-state index is 0.0226. The normalized spacial score (nSPS) is 14.0. The zero-order valence-electron chi connectivity index (χ0n) is 15.0. The molecule has 0 radical (unpaired) electrons. The summed E-state index contributed by atoms with van der Waals surface area (Å²) < 4.78 is 10.3. The number of ether oxygens (including phenoxy) is 2. The number of rotatable bonds is 5. The van der Waals surface area contributed by atoms with Gasteiger partial charge in [-0.3, -0.25) is 14.9 Å². The van der Waals surface area contributed by atoms with Crippen molar-refractivity contribution in [3.8, 4) is 11.5 Å². The molecule has 1 fully saturated rings. The largest absolute Gasteiger partial charge is 0.493 e. The first kappa shape index (κ1) is 18.4. The highest BCUT2D eigenvalue weighted by atomic mass is 16.6. The van der Waals surface area contributed by atoms with Crippen LogP contribution in [-0.2, 0) is 0 Å². The van der Waals surface area contributed by atoms with E-state index in [1.165, 1.54) is 26.4 Å². The molecule has 0 spiro atoms. The first-order valence-electron chi connectivity index (χ1n) is 8.27. The maximum Gasteiger partial charge on any atom is 0.286 e. The number of hydrogen-bond donors (Lipinski definition) is 0. The number of nitro groups is 1. The fraction of sp³-hybridized carbons (Fsp3) is 0.353. The Kier molecular flexibility index (Phi) is 5.34. The topological polar surface area (TPSA) is 111 Å². The molecule has 0 N–H and O–H groups in total. The van der Waals surface area contributed by atoms with Crippen molar-refractivity contribution in [2.45, 2.75) is 0 Å². The van der Waals surface area contributed by atoms with Crippen LogP contribution in [0.25, 0.3) is 0 Å². The maximum atomic E-state index is 12.9. The minimum Gasteiger partial charge on any atom is -0.493 e. The van der Waals surface area contributed by atoms with Crippen molar-refractivity contribution in [2.24, 2.45) is 0 Å². The van der Waals surface area contributed by atoms with Crippen molar-refractivity contribution in [3.63, 3.8) is 0 Å². The summed E-state index contributed by atoms with van der Waals surface area (Å²) in [6.45, 7) is 1.96. The standard InChI is InChI=1S/C17H19N5O5/c1-26-14-10-12(13(22(24)25)11-15(14)27-2)17(23)21-8-6-20(7-9-21)16-4-3-5-18-19-16/h3-5,10-11H,6-9H2,1-2H3. The zero-order chi connectivity index (χ0) is 19.4. The maximum absolute atomic E-state index is 12.9. The van der Waals surface area contributed by atoms with E-state index in [9.17, 15) is 14.9 Å². The molecule has 0 bridgehead atoms. The third-order valence-corrected chi connectivity index (χ3v) is 4.38. The molecule has 10 heteroatoms. The van der Waals surface area contributed by atoms with Gasteiger partial charge in [0.05, 0.1) is 25.2 Å². The average Bonchev–Trinajstić information content (AvgIpc) is 2.72. The first-order valence-corrected chi connectivity index (χ1v) is 8.27. The molecule has 1 amide bonds. The van der Waals surface area contributed by atoms with Gasteiger partial charge in [-0.15, -0.1) is 5.10 Å². The number of piperazine rings is 1. The fourth-order valence-corrected chi connectivity index (χ4v) is 2.96. The van der Waals surface area contributed by atoms with Crippen LogP contribution in [0.1, 0.15) is 10.4 Å². The van der Waals surface area contributed by atoms with Gasteiger partial charge in [0, 0.05) is 38.4 Å². The summed E-state index contributed by atoms with van der Waals surface area (Å²) in [5, 5.41) is 19.3. The molecular formula is C17H19N5O5. The summed E-state index contributed by atoms with van der Waals surface area (Å²) in [7, 11) is 2.80. The molecule has 0 aliphatic carbocycles. The predicted molar refractivity (Wildman–Crippen MR) is 96.3 cm³/mol. The van der Waals surface area contributed by atoms with Gasteiger partial charge in [-0.1, -0.05) is 0 Å². The number of hydrogen-bond acceptors (Lipinski definition) is 8. The molecule has 3 rings (SSSR count). The molecule has 0 unspecified atom stereocenters. The van der Waals surface area contributed by atoms with Crippen LogP contribution in [-0.4, -0.2) is 66.3 Å². The van der Waals surface area contributed by atoms with E-state index < -0.39 is 10.8 Å². The molecule has 1 aromatic heterocycles. The average molecular weight is 373 g/mol. The van der Waals surface area contributed by atoms with Crippen molar-refractivity contribution in [1.82, 2.24) is 15.1 Å². The molecule has 0 saturated carbocycles. The highest BCUT2D eigenvalue weighted by Gasteiger charge is 2.30. The van der Waals surface area contributed by atoms with Gasteiger partial charge in [-0.25, -0.2) is 0 Å². The molecular weight excluding hydrogens is 354 g/mol. The van der Waals surface area contributed by atoms with Gasteiger partial charge in [0.1, 0.15) is 5.56 Å². The summed E-state index contributed by atoms with van der Waals surface area (Å²) >= 11 is 0. The summed E-state index contributed by atoms with van der Waals surface area (Å²) in [5.74, 6) is 0.793. The van der Waals surface area contributed by atoms with Crippen molar-refractivity contribution >= 4 is 17.4 Å². The number of benzene rings is 1. The van der Waals surface area contributed by atoms with Gasteiger partial charge < -0.3 is 19.3 Å². The summed E-state index contributed by atoms with van der Waals surface area (Å²) in [4.78, 5) is 27.3. The summed E-state index contributed by atoms with van der Waals surface area (Å²) in [5.41, 5.74) is -0.334. The van der Waals surface area contributed by atoms with Gasteiger partial charge in [0.15, 0.2) is 17.3 Å². The molecule has 2 heterocycles. The Balaban J connectivity index is 1.81. The highest BCUT2D eigenvalue weighted by molar-refractivity contribution is 5.99. The van der Waals surface area contributed by atoms with Gasteiger partial charge >= 0.3 is 0 Å². The molecule has 10 nitrogen and oxygen atoms in total. The van der Waals surface area contributed by atoms with Crippen molar-refractivity contribution in [1.29, 1.82) is 0 Å². The van der Waals surface area contributed by atoms with Crippen molar-refractivity contribution < 1.29 is 19.2 Å². The van der Waals surface area contributed by atoms with Crippen LogP contribution in [0.3, 0.4) is 0 Å². The third kappa shape index (κ3) is 3.73. The second kappa shape index (κ2) is 7.85. The van der Waals surface area contributed by atoms with E-state index in [1.807, 2.05) is 11.0 Å². The summed E-state index contributed by atoms with van der Waals surface area (Å²) in [6.07, 6.45) is 1.60. The number of amides is 1. The lowest BCUT2D eigenvalue weighted by atomic mass is 10.1. The first-order chi connectivity index (χ1) is 13.0. The van der Waals surface area contributed by atoms with Crippen LogP contribution in [0.5, 0.6) is 11.5 Å². The second-order valence-corrected chi connectivity index (χ2v) is 5.84. The Morgan fingerprint density at radius 1 is 1.15 bits per heavy atom. The molecule has 27 heavy (non-hydrogen) atoms. The molecule has 1 aromatic carbocycles. The van der Waals surface area contributed by atoms with Crippen LogP contribution < -0.4 is 14.4 Å². The van der Waals surface area contributed by atoms with Crippen LogP contribution in [0, 0.1) is 10.1 Å². The van der Waals surface area contributed by atoms with E-state index in [2.05, 4.69) is 10.2 Å². The molecule has 0 atom stereocenters. The van der Waals surface area contributed by atoms with Crippen molar-refractivity contribution in [2.75, 3.05) is 45.3 Å². The van der Waals surface area contributed by atoms with E-state index in [0.29, 0.717) is 26.2 Å². The number of nitrogens with zero attached hydrogens (tertiary/aromatic N) is 5. The lowest BCUT2D eigenvalue weighted by molar-refractivity contribution is -0.385. The van der Waals surface area contributed by atoms with Gasteiger partial charge in [-0.2, -0.15) is 5.10 Å². The van der Waals surface area contributed by atoms with Gasteiger partial charge in [-0.05, 0) is 12.1 Å². The molecule has 1 saturated heterocycles. The monoisotopic (exact) mass is 373 g/mol. The molecule has 1 aliphatic heterocycles. The Hall–Kier alpha value is -3.43.